The van der Waals surface area contributed by atoms with Crippen molar-refractivity contribution in [3.63, 3.8) is 0 Å². The summed E-state index contributed by atoms with van der Waals surface area (Å²) in [6.07, 6.45) is 4.98. The Morgan fingerprint density at radius 1 is 1.10 bits per heavy atom. The minimum absolute atomic E-state index is 0.00175. The molecule has 2 aromatic rings. The molecule has 0 fully saturated rings. The first-order valence-corrected chi connectivity index (χ1v) is 6.76. The van der Waals surface area contributed by atoms with E-state index in [0.29, 0.717) is 5.69 Å². The third kappa shape index (κ3) is 1.48. The lowest BCUT2D eigenvalue weighted by Crippen LogP contribution is -2.00. The molecule has 2 unspecified atom stereocenters. The zero-order valence-electron chi connectivity index (χ0n) is 11.0. The van der Waals surface area contributed by atoms with Gasteiger partial charge in [0.25, 0.3) is 0 Å². The number of aromatic nitrogens is 1. The number of rotatable bonds is 2. The topological polar surface area (TPSA) is 82.7 Å². The average molecular weight is 283 g/mol. The van der Waals surface area contributed by atoms with Gasteiger partial charge in [-0.05, 0) is 24.6 Å². The van der Waals surface area contributed by atoms with Crippen molar-refractivity contribution in [2.24, 2.45) is 0 Å². The van der Waals surface area contributed by atoms with Crippen LogP contribution in [0.25, 0.3) is 5.69 Å². The minimum atomic E-state index is -1.04. The number of aromatic carboxylic acids is 1. The molecule has 4 rings (SSSR count). The number of benzene rings is 1. The van der Waals surface area contributed by atoms with E-state index in [1.54, 1.807) is 12.1 Å². The lowest BCUT2D eigenvalue weighted by Gasteiger charge is -2.10. The number of allylic oxidation sites excluding steroid dienone is 2. The van der Waals surface area contributed by atoms with Crippen LogP contribution in [-0.4, -0.2) is 25.9 Å². The maximum atomic E-state index is 11.1. The Morgan fingerprint density at radius 3 is 2.29 bits per heavy atom. The summed E-state index contributed by atoms with van der Waals surface area (Å²) in [5.41, 5.74) is 2.08. The van der Waals surface area contributed by atoms with E-state index in [4.69, 9.17) is 5.11 Å². The molecule has 0 radical (unpaired) electrons. The van der Waals surface area contributed by atoms with E-state index >= 15 is 0 Å². The van der Waals surface area contributed by atoms with Crippen molar-refractivity contribution >= 4 is 5.97 Å². The highest BCUT2D eigenvalue weighted by atomic mass is 16.4. The molecule has 2 bridgehead atoms. The summed E-state index contributed by atoms with van der Waals surface area (Å²) in [4.78, 5) is 11.1. The smallest absolute Gasteiger partial charge is 0.335 e. The second kappa shape index (κ2) is 3.91. The van der Waals surface area contributed by atoms with E-state index in [-0.39, 0.29) is 29.2 Å². The van der Waals surface area contributed by atoms with Gasteiger partial charge < -0.3 is 15.3 Å². The molecule has 5 nitrogen and oxygen atoms in total. The molecule has 1 aromatic heterocycles. The molecule has 0 amide bonds. The van der Waals surface area contributed by atoms with Crippen LogP contribution in [0.5, 0.6) is 11.8 Å². The van der Waals surface area contributed by atoms with Crippen LogP contribution in [0.3, 0.4) is 0 Å². The fourth-order valence-electron chi connectivity index (χ4n) is 3.46. The van der Waals surface area contributed by atoms with Gasteiger partial charge in [-0.1, -0.05) is 18.2 Å². The highest BCUT2D eigenvalue weighted by Crippen LogP contribution is 2.57. The van der Waals surface area contributed by atoms with Gasteiger partial charge in [-0.25, -0.2) is 4.79 Å². The maximum absolute atomic E-state index is 11.1. The zero-order valence-corrected chi connectivity index (χ0v) is 11.0. The first kappa shape index (κ1) is 12.1. The number of nitrogens with zero attached hydrogens (tertiary/aromatic N) is 1. The summed E-state index contributed by atoms with van der Waals surface area (Å²) in [6.45, 7) is 0. The molecule has 0 aliphatic heterocycles. The van der Waals surface area contributed by atoms with Gasteiger partial charge in [-0.15, -0.1) is 0 Å². The van der Waals surface area contributed by atoms with Gasteiger partial charge in [-0.3, -0.25) is 4.57 Å². The molecule has 2 atom stereocenters. The van der Waals surface area contributed by atoms with Crippen molar-refractivity contribution in [3.8, 4) is 17.4 Å². The first-order valence-electron chi connectivity index (χ1n) is 6.76. The molecule has 1 heterocycles. The fourth-order valence-corrected chi connectivity index (χ4v) is 3.46. The van der Waals surface area contributed by atoms with Crippen molar-refractivity contribution in [1.29, 1.82) is 0 Å². The Bertz CT molecular complexity index is 767. The second-order valence-corrected chi connectivity index (χ2v) is 5.50. The van der Waals surface area contributed by atoms with Gasteiger partial charge in [0, 0.05) is 23.0 Å². The van der Waals surface area contributed by atoms with E-state index in [2.05, 4.69) is 0 Å². The van der Waals surface area contributed by atoms with Crippen LogP contribution in [0.2, 0.25) is 0 Å². The van der Waals surface area contributed by atoms with Gasteiger partial charge in [0.15, 0.2) is 0 Å². The van der Waals surface area contributed by atoms with Crippen molar-refractivity contribution < 1.29 is 20.1 Å². The van der Waals surface area contributed by atoms with Crippen LogP contribution in [0.15, 0.2) is 36.4 Å². The monoisotopic (exact) mass is 283 g/mol. The number of hydrogen-bond donors (Lipinski definition) is 3. The van der Waals surface area contributed by atoms with Crippen LogP contribution < -0.4 is 0 Å². The Labute approximate surface area is 120 Å². The molecule has 0 saturated carbocycles. The summed E-state index contributed by atoms with van der Waals surface area (Å²) >= 11 is 0. The van der Waals surface area contributed by atoms with Crippen molar-refractivity contribution in [1.82, 2.24) is 4.57 Å². The SMILES string of the molecule is O=C(O)c1cccc(-n2c(O)c3c(c2O)C2C=CC3C2)c1. The molecule has 0 saturated heterocycles. The van der Waals surface area contributed by atoms with Crippen LogP contribution in [0, 0.1) is 0 Å². The molecule has 1 aromatic carbocycles. The lowest BCUT2D eigenvalue weighted by molar-refractivity contribution is 0.0696. The molecule has 106 valence electrons. The number of aromatic hydroxyl groups is 2. The Hall–Kier alpha value is -2.69. The van der Waals surface area contributed by atoms with E-state index in [0.717, 1.165) is 17.5 Å². The largest absolute Gasteiger partial charge is 0.494 e. The number of carboxylic acid groups (broad SMARTS) is 1. The minimum Gasteiger partial charge on any atom is -0.494 e. The quantitative estimate of drug-likeness (QED) is 0.740. The Balaban J connectivity index is 1.92. The molecular formula is C16H13NO4. The van der Waals surface area contributed by atoms with Gasteiger partial charge in [-0.2, -0.15) is 0 Å². The number of carbonyl (C=O) groups is 1. The van der Waals surface area contributed by atoms with Gasteiger partial charge in [0.1, 0.15) is 0 Å². The van der Waals surface area contributed by atoms with Crippen LogP contribution in [-0.2, 0) is 0 Å². The molecule has 5 heteroatoms. The highest BCUT2D eigenvalue weighted by Gasteiger charge is 2.41. The van der Waals surface area contributed by atoms with E-state index < -0.39 is 5.97 Å². The second-order valence-electron chi connectivity index (χ2n) is 5.50. The van der Waals surface area contributed by atoms with Crippen molar-refractivity contribution in [2.45, 2.75) is 18.3 Å². The number of hydrogen-bond acceptors (Lipinski definition) is 3. The fraction of sp³-hybridized carbons (Fsp3) is 0.188. The third-order valence-corrected chi connectivity index (χ3v) is 4.37. The van der Waals surface area contributed by atoms with Crippen LogP contribution in [0.1, 0.15) is 39.7 Å². The van der Waals surface area contributed by atoms with Crippen molar-refractivity contribution in [2.75, 3.05) is 0 Å². The highest BCUT2D eigenvalue weighted by molar-refractivity contribution is 5.88. The number of fused-ring (bicyclic) bond motifs is 5. The molecule has 21 heavy (non-hydrogen) atoms. The van der Waals surface area contributed by atoms with E-state index in [9.17, 15) is 15.0 Å². The molecule has 0 spiro atoms. The third-order valence-electron chi connectivity index (χ3n) is 4.37. The number of carboxylic acids is 1. The molecular weight excluding hydrogens is 270 g/mol. The molecule has 2 aliphatic rings. The normalized spacial score (nSPS) is 21.7. The van der Waals surface area contributed by atoms with Crippen molar-refractivity contribution in [3.05, 3.63) is 53.1 Å². The summed E-state index contributed by atoms with van der Waals surface area (Å²) in [6, 6.07) is 6.17. The summed E-state index contributed by atoms with van der Waals surface area (Å²) in [5, 5.41) is 30.0. The summed E-state index contributed by atoms with van der Waals surface area (Å²) < 4.78 is 1.32. The maximum Gasteiger partial charge on any atom is 0.335 e. The standard InChI is InChI=1S/C16H13NO4/c18-14-12-8-4-5-9(6-8)13(12)15(19)17(14)11-3-1-2-10(7-11)16(20)21/h1-5,7-9,18-19H,6H2,(H,20,21). The Kier molecular flexibility index (Phi) is 2.25. The summed E-state index contributed by atoms with van der Waals surface area (Å²) in [7, 11) is 0. The van der Waals surface area contributed by atoms with E-state index in [1.807, 2.05) is 12.2 Å². The van der Waals surface area contributed by atoms with Crippen LogP contribution in [0.4, 0.5) is 0 Å². The van der Waals surface area contributed by atoms with Gasteiger partial charge >= 0.3 is 5.97 Å². The first-order chi connectivity index (χ1) is 10.1. The van der Waals surface area contributed by atoms with E-state index in [1.165, 1.54) is 16.7 Å². The molecule has 3 N–H and O–H groups in total. The lowest BCUT2D eigenvalue weighted by atomic mass is 10.0. The molecule has 2 aliphatic carbocycles. The Morgan fingerprint density at radius 2 is 1.71 bits per heavy atom. The predicted octanol–water partition coefficient (Wildman–Crippen LogP) is 2.73. The zero-order chi connectivity index (χ0) is 14.7. The van der Waals surface area contributed by atoms with Gasteiger partial charge in [0.05, 0.1) is 11.3 Å². The van der Waals surface area contributed by atoms with Gasteiger partial charge in [0.2, 0.25) is 11.8 Å². The predicted molar refractivity (Wildman–Crippen MR) is 75.3 cm³/mol. The van der Waals surface area contributed by atoms with Crippen LogP contribution >= 0.6 is 0 Å². The summed E-state index contributed by atoms with van der Waals surface area (Å²) in [5.74, 6) is -0.763. The average Bonchev–Trinajstić information content (AvgIpc) is 3.13.